The van der Waals surface area contributed by atoms with E-state index in [9.17, 15) is 0 Å². The van der Waals surface area contributed by atoms with Gasteiger partial charge in [0.1, 0.15) is 0 Å². The SMILES string of the molecule is CCCN(CCC)CCCNCCO. The van der Waals surface area contributed by atoms with Gasteiger partial charge in [0.05, 0.1) is 6.61 Å². The average Bonchev–Trinajstić information content (AvgIpc) is 2.18. The first-order valence-electron chi connectivity index (χ1n) is 5.89. The van der Waals surface area contributed by atoms with Gasteiger partial charge in [-0.2, -0.15) is 0 Å². The van der Waals surface area contributed by atoms with E-state index in [2.05, 4.69) is 24.1 Å². The zero-order valence-corrected chi connectivity index (χ0v) is 9.76. The topological polar surface area (TPSA) is 35.5 Å². The van der Waals surface area contributed by atoms with E-state index >= 15 is 0 Å². The minimum Gasteiger partial charge on any atom is -0.395 e. The predicted molar refractivity (Wildman–Crippen MR) is 61.6 cm³/mol. The second-order valence-electron chi connectivity index (χ2n) is 3.67. The van der Waals surface area contributed by atoms with Gasteiger partial charge < -0.3 is 15.3 Å². The van der Waals surface area contributed by atoms with Gasteiger partial charge in [0.25, 0.3) is 0 Å². The van der Waals surface area contributed by atoms with Gasteiger partial charge in [-0.3, -0.25) is 0 Å². The van der Waals surface area contributed by atoms with Crippen molar-refractivity contribution in [2.75, 3.05) is 39.3 Å². The van der Waals surface area contributed by atoms with Crippen molar-refractivity contribution in [2.45, 2.75) is 33.1 Å². The quantitative estimate of drug-likeness (QED) is 0.520. The minimum absolute atomic E-state index is 0.244. The second-order valence-corrected chi connectivity index (χ2v) is 3.67. The molecule has 0 aromatic rings. The Bertz CT molecular complexity index is 103. The molecule has 0 spiro atoms. The molecule has 86 valence electrons. The van der Waals surface area contributed by atoms with Crippen molar-refractivity contribution in [2.24, 2.45) is 0 Å². The molecule has 0 unspecified atom stereocenters. The van der Waals surface area contributed by atoms with Crippen LogP contribution in [0.15, 0.2) is 0 Å². The highest BCUT2D eigenvalue weighted by Gasteiger charge is 2.00. The molecule has 0 aliphatic carbocycles. The van der Waals surface area contributed by atoms with Gasteiger partial charge in [-0.25, -0.2) is 0 Å². The van der Waals surface area contributed by atoms with Crippen LogP contribution in [0, 0.1) is 0 Å². The third-order valence-electron chi connectivity index (χ3n) is 2.20. The monoisotopic (exact) mass is 202 g/mol. The van der Waals surface area contributed by atoms with Crippen molar-refractivity contribution >= 4 is 0 Å². The largest absolute Gasteiger partial charge is 0.395 e. The Hall–Kier alpha value is -0.120. The van der Waals surface area contributed by atoms with Crippen LogP contribution in [0.1, 0.15) is 33.1 Å². The summed E-state index contributed by atoms with van der Waals surface area (Å²) in [7, 11) is 0. The van der Waals surface area contributed by atoms with Crippen molar-refractivity contribution in [3.8, 4) is 0 Å². The van der Waals surface area contributed by atoms with Crippen LogP contribution in [0.4, 0.5) is 0 Å². The minimum atomic E-state index is 0.244. The summed E-state index contributed by atoms with van der Waals surface area (Å²) in [6, 6.07) is 0. The molecule has 0 fully saturated rings. The molecule has 0 heterocycles. The van der Waals surface area contributed by atoms with Crippen molar-refractivity contribution < 1.29 is 5.11 Å². The Morgan fingerprint density at radius 3 is 2.14 bits per heavy atom. The van der Waals surface area contributed by atoms with Crippen LogP contribution < -0.4 is 5.32 Å². The van der Waals surface area contributed by atoms with Gasteiger partial charge in [0.2, 0.25) is 0 Å². The van der Waals surface area contributed by atoms with Crippen molar-refractivity contribution in [3.05, 3.63) is 0 Å². The van der Waals surface area contributed by atoms with E-state index < -0.39 is 0 Å². The summed E-state index contributed by atoms with van der Waals surface area (Å²) in [5, 5.41) is 11.8. The standard InChI is InChI=1S/C11H26N2O/c1-3-8-13(9-4-2)10-5-6-12-7-11-14/h12,14H,3-11H2,1-2H3. The van der Waals surface area contributed by atoms with E-state index in [1.165, 1.54) is 38.9 Å². The zero-order valence-electron chi connectivity index (χ0n) is 9.76. The maximum absolute atomic E-state index is 8.57. The number of hydrogen-bond acceptors (Lipinski definition) is 3. The molecule has 0 aliphatic rings. The summed E-state index contributed by atoms with van der Waals surface area (Å²) in [6.07, 6.45) is 3.66. The Kier molecular flexibility index (Phi) is 10.9. The second kappa shape index (κ2) is 11.0. The van der Waals surface area contributed by atoms with E-state index in [0.29, 0.717) is 0 Å². The molecule has 0 radical (unpaired) electrons. The van der Waals surface area contributed by atoms with Crippen molar-refractivity contribution in [3.63, 3.8) is 0 Å². The lowest BCUT2D eigenvalue weighted by Crippen LogP contribution is -2.29. The summed E-state index contributed by atoms with van der Waals surface area (Å²) >= 11 is 0. The average molecular weight is 202 g/mol. The molecule has 14 heavy (non-hydrogen) atoms. The molecule has 0 saturated carbocycles. The molecule has 3 heteroatoms. The molecule has 0 aromatic carbocycles. The molecule has 2 N–H and O–H groups in total. The van der Waals surface area contributed by atoms with Crippen LogP contribution in [0.2, 0.25) is 0 Å². The number of aliphatic hydroxyl groups is 1. The third-order valence-corrected chi connectivity index (χ3v) is 2.20. The van der Waals surface area contributed by atoms with Crippen LogP contribution in [-0.4, -0.2) is 49.3 Å². The molecule has 0 saturated heterocycles. The molecular formula is C11H26N2O. The third kappa shape index (κ3) is 8.48. The fraction of sp³-hybridized carbons (Fsp3) is 1.00. The van der Waals surface area contributed by atoms with Gasteiger partial charge in [-0.15, -0.1) is 0 Å². The first-order valence-corrected chi connectivity index (χ1v) is 5.89. The Morgan fingerprint density at radius 1 is 1.00 bits per heavy atom. The molecule has 0 atom stereocenters. The van der Waals surface area contributed by atoms with E-state index in [1.54, 1.807) is 0 Å². The normalized spacial score (nSPS) is 11.1. The molecular weight excluding hydrogens is 176 g/mol. The number of nitrogens with one attached hydrogen (secondary N) is 1. The van der Waals surface area contributed by atoms with Crippen LogP contribution in [0.5, 0.6) is 0 Å². The summed E-state index contributed by atoms with van der Waals surface area (Å²) < 4.78 is 0. The molecule has 0 aliphatic heterocycles. The highest BCUT2D eigenvalue weighted by molar-refractivity contribution is 4.57. The molecule has 3 nitrogen and oxygen atoms in total. The summed E-state index contributed by atoms with van der Waals surface area (Å²) in [4.78, 5) is 2.51. The van der Waals surface area contributed by atoms with Gasteiger partial charge >= 0.3 is 0 Å². The van der Waals surface area contributed by atoms with E-state index in [0.717, 1.165) is 13.1 Å². The van der Waals surface area contributed by atoms with Crippen LogP contribution >= 0.6 is 0 Å². The van der Waals surface area contributed by atoms with Gasteiger partial charge in [0, 0.05) is 6.54 Å². The van der Waals surface area contributed by atoms with Gasteiger partial charge in [0.15, 0.2) is 0 Å². The Labute approximate surface area is 88.5 Å². The number of hydrogen-bond donors (Lipinski definition) is 2. The number of nitrogens with zero attached hydrogens (tertiary/aromatic N) is 1. The van der Waals surface area contributed by atoms with Gasteiger partial charge in [-0.05, 0) is 45.4 Å². The van der Waals surface area contributed by atoms with Crippen LogP contribution in [-0.2, 0) is 0 Å². The summed E-state index contributed by atoms with van der Waals surface area (Å²) in [6.45, 7) is 10.1. The highest BCUT2D eigenvalue weighted by Crippen LogP contribution is 1.95. The highest BCUT2D eigenvalue weighted by atomic mass is 16.3. The predicted octanol–water partition coefficient (Wildman–Crippen LogP) is 1.08. The Balaban J connectivity index is 3.30. The summed E-state index contributed by atoms with van der Waals surface area (Å²) in [5.41, 5.74) is 0. The number of aliphatic hydroxyl groups excluding tert-OH is 1. The maximum Gasteiger partial charge on any atom is 0.0555 e. The zero-order chi connectivity index (χ0) is 10.6. The lowest BCUT2D eigenvalue weighted by atomic mass is 10.3. The van der Waals surface area contributed by atoms with E-state index in [4.69, 9.17) is 5.11 Å². The van der Waals surface area contributed by atoms with Crippen LogP contribution in [0.3, 0.4) is 0 Å². The fourth-order valence-corrected chi connectivity index (χ4v) is 1.60. The first-order chi connectivity index (χ1) is 6.85. The smallest absolute Gasteiger partial charge is 0.0555 e. The van der Waals surface area contributed by atoms with Crippen molar-refractivity contribution in [1.29, 1.82) is 0 Å². The molecule has 0 amide bonds. The van der Waals surface area contributed by atoms with E-state index in [-0.39, 0.29) is 6.61 Å². The number of rotatable bonds is 10. The maximum atomic E-state index is 8.57. The molecule has 0 aromatic heterocycles. The molecule has 0 bridgehead atoms. The van der Waals surface area contributed by atoms with Crippen LogP contribution in [0.25, 0.3) is 0 Å². The lowest BCUT2D eigenvalue weighted by Gasteiger charge is -2.20. The van der Waals surface area contributed by atoms with Gasteiger partial charge in [-0.1, -0.05) is 13.8 Å². The first kappa shape index (κ1) is 13.9. The Morgan fingerprint density at radius 2 is 1.64 bits per heavy atom. The van der Waals surface area contributed by atoms with E-state index in [1.807, 2.05) is 0 Å². The molecule has 0 rings (SSSR count). The fourth-order valence-electron chi connectivity index (χ4n) is 1.60. The summed E-state index contributed by atoms with van der Waals surface area (Å²) in [5.74, 6) is 0. The van der Waals surface area contributed by atoms with Crippen molar-refractivity contribution in [1.82, 2.24) is 10.2 Å². The lowest BCUT2D eigenvalue weighted by molar-refractivity contribution is 0.264.